The van der Waals surface area contributed by atoms with Gasteiger partial charge in [-0.2, -0.15) is 4.31 Å². The molecule has 1 fully saturated rings. The zero-order chi connectivity index (χ0) is 15.8. The van der Waals surface area contributed by atoms with Gasteiger partial charge in [-0.05, 0) is 37.0 Å². The summed E-state index contributed by atoms with van der Waals surface area (Å²) in [5, 5.41) is 0. The first-order chi connectivity index (χ1) is 9.62. The van der Waals surface area contributed by atoms with Crippen LogP contribution in [0.5, 0.6) is 0 Å². The number of sulfone groups is 1. The Bertz CT molecular complexity index is 741. The second-order valence-corrected chi connectivity index (χ2v) is 9.50. The number of nitrogens with zero attached hydrogens (tertiary/aromatic N) is 1. The van der Waals surface area contributed by atoms with Crippen LogP contribution in [0, 0.1) is 5.92 Å². The van der Waals surface area contributed by atoms with Gasteiger partial charge < -0.3 is 5.73 Å². The van der Waals surface area contributed by atoms with Gasteiger partial charge in [-0.1, -0.05) is 6.92 Å². The van der Waals surface area contributed by atoms with Crippen LogP contribution in [0.4, 0.5) is 5.69 Å². The van der Waals surface area contributed by atoms with E-state index in [1.165, 1.54) is 16.4 Å². The summed E-state index contributed by atoms with van der Waals surface area (Å²) in [6.45, 7) is 2.87. The Balaban J connectivity index is 2.49. The van der Waals surface area contributed by atoms with Crippen LogP contribution in [-0.4, -0.2) is 40.5 Å². The molecule has 1 unspecified atom stereocenters. The smallest absolute Gasteiger partial charge is 0.245 e. The van der Waals surface area contributed by atoms with E-state index in [0.717, 1.165) is 25.2 Å². The van der Waals surface area contributed by atoms with Gasteiger partial charge in [0.25, 0.3) is 0 Å². The van der Waals surface area contributed by atoms with Gasteiger partial charge in [0.2, 0.25) is 10.0 Å². The fraction of sp³-hybridized carbons (Fsp3) is 0.538. The van der Waals surface area contributed by atoms with Gasteiger partial charge in [0.15, 0.2) is 9.84 Å². The molecule has 0 aliphatic carbocycles. The molecular weight excluding hydrogens is 312 g/mol. The lowest BCUT2D eigenvalue weighted by molar-refractivity contribution is 0.281. The van der Waals surface area contributed by atoms with Crippen molar-refractivity contribution in [2.75, 3.05) is 25.1 Å². The number of benzene rings is 1. The molecule has 6 nitrogen and oxygen atoms in total. The second-order valence-electron chi connectivity index (χ2n) is 5.58. The minimum atomic E-state index is -3.76. The van der Waals surface area contributed by atoms with Gasteiger partial charge in [0, 0.05) is 19.3 Å². The minimum Gasteiger partial charge on any atom is -0.398 e. The van der Waals surface area contributed by atoms with E-state index in [-0.39, 0.29) is 21.4 Å². The highest BCUT2D eigenvalue weighted by atomic mass is 32.2. The van der Waals surface area contributed by atoms with E-state index in [1.807, 2.05) is 6.92 Å². The first-order valence-electron chi connectivity index (χ1n) is 6.72. The summed E-state index contributed by atoms with van der Waals surface area (Å²) in [4.78, 5) is -0.167. The van der Waals surface area contributed by atoms with Gasteiger partial charge in [-0.3, -0.25) is 0 Å². The molecule has 0 saturated carbocycles. The minimum absolute atomic E-state index is 0.0414. The van der Waals surface area contributed by atoms with Crippen LogP contribution in [0.25, 0.3) is 0 Å². The van der Waals surface area contributed by atoms with Crippen LogP contribution in [-0.2, 0) is 19.9 Å². The van der Waals surface area contributed by atoms with Crippen molar-refractivity contribution in [2.24, 2.45) is 5.92 Å². The third-order valence-corrected chi connectivity index (χ3v) is 6.68. The summed E-state index contributed by atoms with van der Waals surface area (Å²) in [5.74, 6) is 0.285. The van der Waals surface area contributed by atoms with Crippen LogP contribution < -0.4 is 5.73 Å². The zero-order valence-corrected chi connectivity index (χ0v) is 13.7. The third kappa shape index (κ3) is 3.38. The molecule has 21 heavy (non-hydrogen) atoms. The van der Waals surface area contributed by atoms with Crippen molar-refractivity contribution in [2.45, 2.75) is 29.6 Å². The highest BCUT2D eigenvalue weighted by molar-refractivity contribution is 7.91. The summed E-state index contributed by atoms with van der Waals surface area (Å²) < 4.78 is 50.0. The van der Waals surface area contributed by atoms with E-state index >= 15 is 0 Å². The average Bonchev–Trinajstić information content (AvgIpc) is 2.37. The number of sulfonamides is 1. The van der Waals surface area contributed by atoms with Crippen molar-refractivity contribution in [1.82, 2.24) is 4.31 Å². The second kappa shape index (κ2) is 5.58. The predicted octanol–water partition coefficient (Wildman–Crippen LogP) is 1.09. The van der Waals surface area contributed by atoms with Gasteiger partial charge >= 0.3 is 0 Å². The zero-order valence-electron chi connectivity index (χ0n) is 12.1. The average molecular weight is 332 g/mol. The van der Waals surface area contributed by atoms with Crippen LogP contribution >= 0.6 is 0 Å². The van der Waals surface area contributed by atoms with E-state index < -0.39 is 19.9 Å². The van der Waals surface area contributed by atoms with Crippen LogP contribution in [0.2, 0.25) is 0 Å². The maximum absolute atomic E-state index is 12.7. The Morgan fingerprint density at radius 1 is 1.24 bits per heavy atom. The Labute approximate surface area is 125 Å². The number of rotatable bonds is 3. The Morgan fingerprint density at radius 2 is 1.90 bits per heavy atom. The summed E-state index contributed by atoms with van der Waals surface area (Å²) in [6.07, 6.45) is 2.83. The van der Waals surface area contributed by atoms with Crippen molar-refractivity contribution in [3.05, 3.63) is 18.2 Å². The van der Waals surface area contributed by atoms with E-state index in [4.69, 9.17) is 5.73 Å². The fourth-order valence-electron chi connectivity index (χ4n) is 2.47. The van der Waals surface area contributed by atoms with Crippen molar-refractivity contribution in [3.8, 4) is 0 Å². The molecule has 1 aromatic carbocycles. The van der Waals surface area contributed by atoms with Crippen LogP contribution in [0.1, 0.15) is 19.8 Å². The highest BCUT2D eigenvalue weighted by Gasteiger charge is 2.30. The molecule has 0 aromatic heterocycles. The number of hydrogen-bond acceptors (Lipinski definition) is 5. The lowest BCUT2D eigenvalue weighted by Crippen LogP contribution is -2.39. The molecule has 0 spiro atoms. The third-order valence-electron chi connectivity index (χ3n) is 3.65. The molecule has 1 aromatic rings. The molecule has 1 aliphatic heterocycles. The Hall–Kier alpha value is -1.12. The SMILES string of the molecule is CC1CCCN(S(=O)(=O)c2cc(S(C)(=O)=O)ccc2N)C1. The normalized spacial score (nSPS) is 21.3. The molecule has 1 atom stereocenters. The molecule has 1 saturated heterocycles. The van der Waals surface area contributed by atoms with Crippen molar-refractivity contribution < 1.29 is 16.8 Å². The van der Waals surface area contributed by atoms with E-state index in [2.05, 4.69) is 0 Å². The van der Waals surface area contributed by atoms with Crippen molar-refractivity contribution in [1.29, 1.82) is 0 Å². The quantitative estimate of drug-likeness (QED) is 0.836. The van der Waals surface area contributed by atoms with Gasteiger partial charge in [0.1, 0.15) is 4.90 Å². The molecular formula is C13H20N2O4S2. The standard InChI is InChI=1S/C13H20N2O4S2/c1-10-4-3-7-15(9-10)21(18,19)13-8-11(20(2,16)17)5-6-12(13)14/h5-6,8,10H,3-4,7,9,14H2,1-2H3. The Morgan fingerprint density at radius 3 is 2.48 bits per heavy atom. The van der Waals surface area contributed by atoms with Gasteiger partial charge in [-0.15, -0.1) is 0 Å². The van der Waals surface area contributed by atoms with E-state index in [9.17, 15) is 16.8 Å². The van der Waals surface area contributed by atoms with E-state index in [0.29, 0.717) is 13.1 Å². The molecule has 2 rings (SSSR count). The lowest BCUT2D eigenvalue weighted by atomic mass is 10.0. The molecule has 0 amide bonds. The number of piperidine rings is 1. The molecule has 2 N–H and O–H groups in total. The number of nitrogen functional groups attached to an aromatic ring is 1. The maximum Gasteiger partial charge on any atom is 0.245 e. The summed E-state index contributed by atoms with van der Waals surface area (Å²) in [5.41, 5.74) is 5.83. The summed E-state index contributed by atoms with van der Waals surface area (Å²) >= 11 is 0. The molecule has 1 aliphatic rings. The fourth-order valence-corrected chi connectivity index (χ4v) is 4.93. The van der Waals surface area contributed by atoms with E-state index in [1.54, 1.807) is 0 Å². The monoisotopic (exact) mass is 332 g/mol. The van der Waals surface area contributed by atoms with Gasteiger partial charge in [-0.25, -0.2) is 16.8 Å². The van der Waals surface area contributed by atoms with Gasteiger partial charge in [0.05, 0.1) is 10.6 Å². The summed E-state index contributed by atoms with van der Waals surface area (Å²) in [6, 6.07) is 3.80. The number of anilines is 1. The number of hydrogen-bond donors (Lipinski definition) is 1. The first kappa shape index (κ1) is 16.3. The molecule has 0 radical (unpaired) electrons. The molecule has 1 heterocycles. The highest BCUT2D eigenvalue weighted by Crippen LogP contribution is 2.28. The van der Waals surface area contributed by atoms with Crippen LogP contribution in [0.3, 0.4) is 0 Å². The summed E-state index contributed by atoms with van der Waals surface area (Å²) in [7, 11) is -7.25. The maximum atomic E-state index is 12.7. The topological polar surface area (TPSA) is 97.5 Å². The molecule has 0 bridgehead atoms. The molecule has 118 valence electrons. The Kier molecular flexibility index (Phi) is 4.32. The van der Waals surface area contributed by atoms with Crippen molar-refractivity contribution >= 4 is 25.5 Å². The lowest BCUT2D eigenvalue weighted by Gasteiger charge is -2.30. The van der Waals surface area contributed by atoms with Crippen LogP contribution in [0.15, 0.2) is 28.0 Å². The van der Waals surface area contributed by atoms with Crippen molar-refractivity contribution in [3.63, 3.8) is 0 Å². The predicted molar refractivity (Wildman–Crippen MR) is 81.1 cm³/mol. The first-order valence-corrected chi connectivity index (χ1v) is 10.1. The largest absolute Gasteiger partial charge is 0.398 e. The number of nitrogens with two attached hydrogens (primary N) is 1. The molecule has 8 heteroatoms.